The number of methoxy groups -OCH3 is 2. The van der Waals surface area contributed by atoms with Gasteiger partial charge in [-0.25, -0.2) is 76.8 Å². The Morgan fingerprint density at radius 3 is 1.25 bits per heavy atom. The van der Waals surface area contributed by atoms with Crippen LogP contribution in [-0.2, 0) is 0 Å². The zero-order chi connectivity index (χ0) is 54.5. The molecule has 10 heterocycles. The Labute approximate surface area is 450 Å². The van der Waals surface area contributed by atoms with E-state index >= 15 is 0 Å². The van der Waals surface area contributed by atoms with Gasteiger partial charge < -0.3 is 20.9 Å². The van der Waals surface area contributed by atoms with Crippen molar-refractivity contribution in [1.29, 1.82) is 0 Å². The van der Waals surface area contributed by atoms with Crippen LogP contribution in [0.15, 0.2) is 132 Å². The van der Waals surface area contributed by atoms with Gasteiger partial charge in [-0.1, -0.05) is 39.1 Å². The van der Waals surface area contributed by atoms with Crippen LogP contribution in [0.1, 0.15) is 52.2 Å². The van der Waals surface area contributed by atoms with E-state index in [2.05, 4.69) is 39.9 Å². The third kappa shape index (κ3) is 9.64. The van der Waals surface area contributed by atoms with Gasteiger partial charge in [0, 0.05) is 48.3 Å². The number of pyridine rings is 2. The summed E-state index contributed by atoms with van der Waals surface area (Å²) in [5.74, 6) is -1.96. The van der Waals surface area contributed by atoms with E-state index in [1.165, 1.54) is 112 Å². The zero-order valence-corrected chi connectivity index (χ0v) is 41.2. The van der Waals surface area contributed by atoms with Crippen LogP contribution in [0.2, 0.25) is 0 Å². The first-order valence-electron chi connectivity index (χ1n) is 23.4. The fraction of sp³-hybridized carbons (Fsp3) is 0.148. The highest BCUT2D eigenvalue weighted by Gasteiger charge is 2.29. The molecule has 22 nitrogen and oxygen atoms in total. The minimum Gasteiger partial charge on any atom is -0.467 e. The van der Waals surface area contributed by atoms with Crippen molar-refractivity contribution in [2.45, 2.75) is 40.8 Å². The van der Waals surface area contributed by atoms with Gasteiger partial charge in [0.25, 0.3) is 11.1 Å². The Morgan fingerprint density at radius 2 is 0.887 bits per heavy atom. The van der Waals surface area contributed by atoms with E-state index in [1.54, 1.807) is 35.3 Å². The summed E-state index contributed by atoms with van der Waals surface area (Å²) in [6, 6.07) is 15.3. The summed E-state index contributed by atoms with van der Waals surface area (Å²) >= 11 is 0. The second-order valence-electron chi connectivity index (χ2n) is 17.3. The molecule has 0 saturated carbocycles. The standard InChI is InChI=1S/2C26H19F2N9O2.2CH4/c2*1-13(37-24-20(23(29)32-12-33-24)22(35-37)15-9-30-26(39-2)31-10-15)21-19(14-4-3-5-16(27)8-14)25(38)36-11-17(28)6-7-18(36)34-21;;/h2*3-13H,1-2H3,(H2,29,32,33);2*1H4/t2*13-;;/m10../s1. The Morgan fingerprint density at radius 1 is 0.500 bits per heavy atom. The number of halogens is 4. The molecule has 2 atom stereocenters. The molecule has 0 fully saturated rings. The number of rotatable bonds is 10. The minimum absolute atomic E-state index is 0. The van der Waals surface area contributed by atoms with E-state index in [0.29, 0.717) is 44.6 Å². The van der Waals surface area contributed by atoms with Crippen molar-refractivity contribution < 1.29 is 27.0 Å². The molecule has 12 aromatic rings. The minimum atomic E-state index is -0.712. The number of ether oxygens (including phenoxy) is 2. The van der Waals surface area contributed by atoms with Gasteiger partial charge in [0.15, 0.2) is 11.3 Å². The van der Waals surface area contributed by atoms with E-state index < -0.39 is 46.5 Å². The number of aromatic nitrogens is 16. The van der Waals surface area contributed by atoms with Crippen molar-refractivity contribution in [3.8, 4) is 56.8 Å². The number of anilines is 2. The summed E-state index contributed by atoms with van der Waals surface area (Å²) in [6.07, 6.45) is 10.8. The third-order valence-corrected chi connectivity index (χ3v) is 12.6. The van der Waals surface area contributed by atoms with E-state index in [4.69, 9.17) is 41.1 Å². The molecule has 2 aromatic carbocycles. The maximum Gasteiger partial charge on any atom is 0.316 e. The molecule has 10 aromatic heterocycles. The van der Waals surface area contributed by atoms with Crippen molar-refractivity contribution in [3.05, 3.63) is 178 Å². The van der Waals surface area contributed by atoms with Gasteiger partial charge in [-0.3, -0.25) is 18.4 Å². The summed E-state index contributed by atoms with van der Waals surface area (Å²) < 4.78 is 72.0. The van der Waals surface area contributed by atoms with Crippen LogP contribution in [-0.4, -0.2) is 92.4 Å². The lowest BCUT2D eigenvalue weighted by molar-refractivity contribution is 0.379. The molecule has 26 heteroatoms. The first-order valence-corrected chi connectivity index (χ1v) is 23.4. The van der Waals surface area contributed by atoms with Crippen molar-refractivity contribution in [2.75, 3.05) is 25.7 Å². The van der Waals surface area contributed by atoms with Crippen molar-refractivity contribution >= 4 is 45.0 Å². The van der Waals surface area contributed by atoms with Crippen LogP contribution in [0.4, 0.5) is 29.2 Å². The highest BCUT2D eigenvalue weighted by molar-refractivity contribution is 5.99. The summed E-state index contributed by atoms with van der Waals surface area (Å²) in [5.41, 5.74) is 15.6. The average molecular weight is 1090 g/mol. The van der Waals surface area contributed by atoms with Crippen LogP contribution in [0, 0.1) is 23.3 Å². The zero-order valence-electron chi connectivity index (χ0n) is 41.2. The second-order valence-corrected chi connectivity index (χ2v) is 17.3. The largest absolute Gasteiger partial charge is 0.467 e. The summed E-state index contributed by atoms with van der Waals surface area (Å²) in [7, 11) is 2.91. The van der Waals surface area contributed by atoms with Gasteiger partial charge in [0.05, 0.1) is 59.6 Å². The quantitative estimate of drug-likeness (QED) is 0.122. The predicted molar refractivity (Wildman–Crippen MR) is 289 cm³/mol. The maximum atomic E-state index is 14.3. The molecule has 0 amide bonds. The van der Waals surface area contributed by atoms with Gasteiger partial charge in [0.2, 0.25) is 0 Å². The van der Waals surface area contributed by atoms with Gasteiger partial charge in [0.1, 0.15) is 70.2 Å². The van der Waals surface area contributed by atoms with Crippen LogP contribution in [0.5, 0.6) is 12.0 Å². The fourth-order valence-corrected chi connectivity index (χ4v) is 8.95. The molecule has 0 aliphatic carbocycles. The maximum absolute atomic E-state index is 14.3. The SMILES string of the molecule is C.C.COc1ncc(-c2nn([C@@H](C)c3nc4ccc(F)cn4c(=O)c3-c3cccc(F)c3)c3ncnc(N)c23)cn1.COc1ncc(-c2nn([C@H](C)c3nc4ccc(F)cn4c(=O)c3-c3cccc(F)c3)c3ncnc(N)c23)cn1. The Hall–Kier alpha value is -10.7. The van der Waals surface area contributed by atoms with Crippen molar-refractivity contribution in [3.63, 3.8) is 0 Å². The molecule has 0 spiro atoms. The van der Waals surface area contributed by atoms with E-state index in [9.17, 15) is 27.2 Å². The van der Waals surface area contributed by atoms with Crippen LogP contribution in [0.3, 0.4) is 0 Å². The first kappa shape index (κ1) is 54.1. The molecule has 12 rings (SSSR count). The highest BCUT2D eigenvalue weighted by Crippen LogP contribution is 2.37. The Balaban J connectivity index is 0.000000189. The second kappa shape index (κ2) is 21.8. The predicted octanol–water partition coefficient (Wildman–Crippen LogP) is 8.15. The number of benzene rings is 2. The molecule has 0 saturated heterocycles. The molecule has 0 unspecified atom stereocenters. The lowest BCUT2D eigenvalue weighted by Gasteiger charge is -2.18. The first-order chi connectivity index (χ1) is 37.7. The lowest BCUT2D eigenvalue weighted by atomic mass is 10.0. The molecular weight excluding hydrogens is 1040 g/mol. The topological polar surface area (TPSA) is 278 Å². The third-order valence-electron chi connectivity index (χ3n) is 12.6. The summed E-state index contributed by atoms with van der Waals surface area (Å²) in [4.78, 5) is 70.4. The van der Waals surface area contributed by atoms with E-state index in [-0.39, 0.29) is 83.4 Å². The van der Waals surface area contributed by atoms with Crippen molar-refractivity contribution in [2.24, 2.45) is 0 Å². The molecular formula is C54H46F4N18O4. The molecule has 0 radical (unpaired) electrons. The fourth-order valence-electron chi connectivity index (χ4n) is 8.95. The molecule has 80 heavy (non-hydrogen) atoms. The average Bonchev–Trinajstić information content (AvgIpc) is 4.17. The monoisotopic (exact) mass is 1090 g/mol. The molecule has 0 bridgehead atoms. The summed E-state index contributed by atoms with van der Waals surface area (Å²) in [6.45, 7) is 3.53. The normalized spacial score (nSPS) is 11.9. The number of nitrogens with zero attached hydrogens (tertiary/aromatic N) is 16. The van der Waals surface area contributed by atoms with Crippen LogP contribution >= 0.6 is 0 Å². The number of hydrogen-bond donors (Lipinski definition) is 2. The molecule has 0 aliphatic heterocycles. The van der Waals surface area contributed by atoms with Crippen LogP contribution < -0.4 is 32.1 Å². The number of nitrogen functional groups attached to an aromatic ring is 2. The van der Waals surface area contributed by atoms with Gasteiger partial charge in [-0.2, -0.15) is 10.2 Å². The Bertz CT molecular complexity index is 4160. The smallest absolute Gasteiger partial charge is 0.316 e. The van der Waals surface area contributed by atoms with E-state index in [1.807, 2.05) is 0 Å². The van der Waals surface area contributed by atoms with E-state index in [0.717, 1.165) is 21.2 Å². The van der Waals surface area contributed by atoms with Crippen molar-refractivity contribution in [1.82, 2.24) is 78.2 Å². The Kier molecular flexibility index (Phi) is 14.7. The molecule has 4 N–H and O–H groups in total. The molecule has 404 valence electrons. The highest BCUT2D eigenvalue weighted by atomic mass is 19.1. The number of hydrogen-bond acceptors (Lipinski definition) is 18. The van der Waals surface area contributed by atoms with Gasteiger partial charge in [-0.15, -0.1) is 0 Å². The lowest BCUT2D eigenvalue weighted by Crippen LogP contribution is -2.23. The number of fused-ring (bicyclic) bond motifs is 4. The summed E-state index contributed by atoms with van der Waals surface area (Å²) in [5, 5.41) is 10.4. The molecule has 0 aliphatic rings. The van der Waals surface area contributed by atoms with Crippen LogP contribution in [0.25, 0.3) is 78.1 Å². The van der Waals surface area contributed by atoms with Gasteiger partial charge >= 0.3 is 12.0 Å². The number of nitrogens with two attached hydrogens (primary N) is 2. The van der Waals surface area contributed by atoms with Gasteiger partial charge in [-0.05, 0) is 73.5 Å².